The number of halogens is 2. The highest BCUT2D eigenvalue weighted by Gasteiger charge is 2.15. The van der Waals surface area contributed by atoms with Crippen LogP contribution in [0.4, 0.5) is 0 Å². The van der Waals surface area contributed by atoms with E-state index in [-0.39, 0.29) is 24.0 Å². The van der Waals surface area contributed by atoms with Gasteiger partial charge in [-0.3, -0.25) is 4.99 Å². The number of hydrogen-bond acceptors (Lipinski definition) is 3. The molecule has 1 aliphatic rings. The molecule has 1 aromatic heterocycles. The number of aliphatic imine (C=N–C) groups is 1. The Morgan fingerprint density at radius 3 is 3.00 bits per heavy atom. The first-order valence-corrected chi connectivity index (χ1v) is 7.74. The first kappa shape index (κ1) is 17.2. The van der Waals surface area contributed by atoms with Gasteiger partial charge in [0.1, 0.15) is 0 Å². The van der Waals surface area contributed by atoms with E-state index in [4.69, 9.17) is 4.74 Å². The number of rotatable bonds is 4. The Labute approximate surface area is 143 Å². The molecule has 2 heterocycles. The third kappa shape index (κ3) is 5.97. The SMILES string of the molecule is CN=C(NCc1cc(Br)cs1)NCC1CCCO1.I. The van der Waals surface area contributed by atoms with Gasteiger partial charge in [0.2, 0.25) is 0 Å². The summed E-state index contributed by atoms with van der Waals surface area (Å²) in [6.45, 7) is 2.51. The van der Waals surface area contributed by atoms with E-state index in [1.165, 1.54) is 11.3 Å². The van der Waals surface area contributed by atoms with Gasteiger partial charge >= 0.3 is 0 Å². The average molecular weight is 460 g/mol. The molecule has 0 bridgehead atoms. The molecule has 0 aliphatic carbocycles. The first-order valence-electron chi connectivity index (χ1n) is 6.07. The number of guanidine groups is 1. The third-order valence-electron chi connectivity index (χ3n) is 2.80. The Morgan fingerprint density at radius 1 is 1.58 bits per heavy atom. The first-order chi connectivity index (χ1) is 8.78. The number of ether oxygens (including phenoxy) is 1. The fraction of sp³-hybridized carbons (Fsp3) is 0.583. The zero-order valence-corrected chi connectivity index (χ0v) is 15.6. The highest BCUT2D eigenvalue weighted by atomic mass is 127. The highest BCUT2D eigenvalue weighted by molar-refractivity contribution is 14.0. The van der Waals surface area contributed by atoms with Crippen LogP contribution >= 0.6 is 51.2 Å². The maximum absolute atomic E-state index is 5.56. The van der Waals surface area contributed by atoms with Crippen LogP contribution in [0.2, 0.25) is 0 Å². The van der Waals surface area contributed by atoms with Crippen molar-refractivity contribution in [3.8, 4) is 0 Å². The summed E-state index contributed by atoms with van der Waals surface area (Å²) in [7, 11) is 1.79. The lowest BCUT2D eigenvalue weighted by Gasteiger charge is -2.14. The van der Waals surface area contributed by atoms with Gasteiger partial charge in [-0.2, -0.15) is 0 Å². The van der Waals surface area contributed by atoms with Gasteiger partial charge < -0.3 is 15.4 Å². The number of nitrogens with one attached hydrogen (secondary N) is 2. The van der Waals surface area contributed by atoms with Crippen LogP contribution < -0.4 is 10.6 Å². The Morgan fingerprint density at radius 2 is 2.42 bits per heavy atom. The lowest BCUT2D eigenvalue weighted by molar-refractivity contribution is 0.114. The normalized spacial score (nSPS) is 19.1. The molecule has 0 amide bonds. The largest absolute Gasteiger partial charge is 0.376 e. The van der Waals surface area contributed by atoms with Gasteiger partial charge in [-0.1, -0.05) is 0 Å². The maximum atomic E-state index is 5.56. The molecule has 0 spiro atoms. The number of thiophene rings is 1. The molecule has 1 atom stereocenters. The Hall–Kier alpha value is 0.140. The summed E-state index contributed by atoms with van der Waals surface area (Å²) in [6, 6.07) is 2.12. The lowest BCUT2D eigenvalue weighted by atomic mass is 10.2. The van der Waals surface area contributed by atoms with Crippen molar-refractivity contribution in [1.29, 1.82) is 0 Å². The molecule has 2 rings (SSSR count). The topological polar surface area (TPSA) is 45.7 Å². The molecule has 0 saturated carbocycles. The van der Waals surface area contributed by atoms with Gasteiger partial charge in [-0.05, 0) is 34.8 Å². The molecule has 1 unspecified atom stereocenters. The summed E-state index contributed by atoms with van der Waals surface area (Å²) >= 11 is 5.18. The van der Waals surface area contributed by atoms with E-state index in [9.17, 15) is 0 Å². The van der Waals surface area contributed by atoms with E-state index >= 15 is 0 Å². The molecular formula is C12H19BrIN3OS. The van der Waals surface area contributed by atoms with Crippen LogP contribution in [0.15, 0.2) is 20.9 Å². The molecule has 7 heteroatoms. The van der Waals surface area contributed by atoms with Crippen molar-refractivity contribution in [2.24, 2.45) is 4.99 Å². The van der Waals surface area contributed by atoms with E-state index in [0.717, 1.165) is 36.5 Å². The molecule has 19 heavy (non-hydrogen) atoms. The van der Waals surface area contributed by atoms with E-state index in [1.807, 2.05) is 0 Å². The molecule has 1 saturated heterocycles. The Kier molecular flexibility index (Phi) is 8.27. The molecule has 4 nitrogen and oxygen atoms in total. The standard InChI is InChI=1S/C12H18BrN3OS.HI/c1-14-12(15-6-10-3-2-4-17-10)16-7-11-5-9(13)8-18-11;/h5,8,10H,2-4,6-7H2,1H3,(H2,14,15,16);1H. The van der Waals surface area contributed by atoms with Crippen LogP contribution in [0, 0.1) is 0 Å². The average Bonchev–Trinajstić information content (AvgIpc) is 3.01. The minimum atomic E-state index is 0. The van der Waals surface area contributed by atoms with Crippen LogP contribution in [0.3, 0.4) is 0 Å². The quantitative estimate of drug-likeness (QED) is 0.413. The van der Waals surface area contributed by atoms with E-state index in [2.05, 4.69) is 43.0 Å². The van der Waals surface area contributed by atoms with Crippen LogP contribution in [0.25, 0.3) is 0 Å². The second kappa shape index (κ2) is 9.15. The Bertz CT molecular complexity index is 407. The number of hydrogen-bond donors (Lipinski definition) is 2. The van der Waals surface area contributed by atoms with Crippen LogP contribution in [-0.2, 0) is 11.3 Å². The van der Waals surface area contributed by atoms with Crippen LogP contribution in [0.5, 0.6) is 0 Å². The van der Waals surface area contributed by atoms with Crippen molar-refractivity contribution >= 4 is 57.2 Å². The molecule has 0 aromatic carbocycles. The van der Waals surface area contributed by atoms with Gasteiger partial charge in [0.05, 0.1) is 12.6 Å². The summed E-state index contributed by atoms with van der Waals surface area (Å²) < 4.78 is 6.70. The summed E-state index contributed by atoms with van der Waals surface area (Å²) in [5.41, 5.74) is 0. The van der Waals surface area contributed by atoms with Gasteiger partial charge in [-0.25, -0.2) is 0 Å². The highest BCUT2D eigenvalue weighted by Crippen LogP contribution is 2.19. The van der Waals surface area contributed by atoms with Crippen molar-refractivity contribution < 1.29 is 4.74 Å². The summed E-state index contributed by atoms with van der Waals surface area (Å²) in [5, 5.41) is 8.67. The Balaban J connectivity index is 0.00000180. The number of nitrogens with zero attached hydrogens (tertiary/aromatic N) is 1. The van der Waals surface area contributed by atoms with Crippen molar-refractivity contribution in [3.63, 3.8) is 0 Å². The van der Waals surface area contributed by atoms with Crippen molar-refractivity contribution in [2.45, 2.75) is 25.5 Å². The molecule has 1 aromatic rings. The van der Waals surface area contributed by atoms with E-state index in [0.29, 0.717) is 6.10 Å². The van der Waals surface area contributed by atoms with Gasteiger partial charge in [-0.15, -0.1) is 35.3 Å². The predicted octanol–water partition coefficient (Wildman–Crippen LogP) is 2.97. The summed E-state index contributed by atoms with van der Waals surface area (Å²) in [5.74, 6) is 0.829. The molecule has 1 fully saturated rings. The zero-order valence-electron chi connectivity index (χ0n) is 10.8. The zero-order chi connectivity index (χ0) is 12.8. The molecular weight excluding hydrogens is 441 g/mol. The second-order valence-corrected chi connectivity index (χ2v) is 6.08. The fourth-order valence-electron chi connectivity index (χ4n) is 1.85. The van der Waals surface area contributed by atoms with Crippen molar-refractivity contribution in [1.82, 2.24) is 10.6 Å². The second-order valence-electron chi connectivity index (χ2n) is 4.17. The van der Waals surface area contributed by atoms with Gasteiger partial charge in [0.25, 0.3) is 0 Å². The molecule has 2 N–H and O–H groups in total. The van der Waals surface area contributed by atoms with Crippen LogP contribution in [0.1, 0.15) is 17.7 Å². The monoisotopic (exact) mass is 459 g/mol. The minimum Gasteiger partial charge on any atom is -0.376 e. The van der Waals surface area contributed by atoms with E-state index in [1.54, 1.807) is 18.4 Å². The van der Waals surface area contributed by atoms with Crippen molar-refractivity contribution in [3.05, 3.63) is 20.8 Å². The summed E-state index contributed by atoms with van der Waals surface area (Å²) in [6.07, 6.45) is 2.64. The molecule has 0 radical (unpaired) electrons. The smallest absolute Gasteiger partial charge is 0.191 e. The van der Waals surface area contributed by atoms with Crippen LogP contribution in [-0.4, -0.2) is 32.3 Å². The van der Waals surface area contributed by atoms with Crippen molar-refractivity contribution in [2.75, 3.05) is 20.2 Å². The third-order valence-corrected chi connectivity index (χ3v) is 4.49. The van der Waals surface area contributed by atoms with E-state index < -0.39 is 0 Å². The predicted molar refractivity (Wildman–Crippen MR) is 94.6 cm³/mol. The maximum Gasteiger partial charge on any atom is 0.191 e. The van der Waals surface area contributed by atoms with Gasteiger partial charge in [0, 0.05) is 34.9 Å². The minimum absolute atomic E-state index is 0. The summed E-state index contributed by atoms with van der Waals surface area (Å²) in [4.78, 5) is 5.48. The fourth-order valence-corrected chi connectivity index (χ4v) is 3.24. The molecule has 1 aliphatic heterocycles. The van der Waals surface area contributed by atoms with Gasteiger partial charge in [0.15, 0.2) is 5.96 Å². The molecule has 108 valence electrons. The lowest BCUT2D eigenvalue weighted by Crippen LogP contribution is -2.40.